The van der Waals surface area contributed by atoms with E-state index in [1.54, 1.807) is 6.07 Å². The van der Waals surface area contributed by atoms with Crippen LogP contribution in [0.1, 0.15) is 23.0 Å². The number of benzene rings is 2. The van der Waals surface area contributed by atoms with Gasteiger partial charge in [0.25, 0.3) is 5.82 Å². The van der Waals surface area contributed by atoms with Crippen molar-refractivity contribution >= 4 is 11.5 Å². The van der Waals surface area contributed by atoms with E-state index in [4.69, 9.17) is 0 Å². The van der Waals surface area contributed by atoms with Gasteiger partial charge in [-0.15, -0.1) is 15.3 Å². The summed E-state index contributed by atoms with van der Waals surface area (Å²) >= 11 is 0. The summed E-state index contributed by atoms with van der Waals surface area (Å²) in [5, 5.41) is 14.0. The lowest BCUT2D eigenvalue weighted by Crippen LogP contribution is -2.16. The topological polar surface area (TPSA) is 55.1 Å². The second-order valence-corrected chi connectivity index (χ2v) is 5.91. The van der Waals surface area contributed by atoms with Crippen molar-refractivity contribution in [2.75, 3.05) is 5.32 Å². The zero-order chi connectivity index (χ0) is 18.9. The number of fused-ring (bicyclic) bond motifs is 1. The lowest BCUT2D eigenvalue weighted by molar-refractivity contribution is -0.146. The molecule has 4 rings (SSSR count). The van der Waals surface area contributed by atoms with Crippen molar-refractivity contribution < 1.29 is 13.2 Å². The third-order valence-corrected chi connectivity index (χ3v) is 4.07. The van der Waals surface area contributed by atoms with Gasteiger partial charge in [-0.1, -0.05) is 60.7 Å². The second kappa shape index (κ2) is 6.71. The maximum absolute atomic E-state index is 13.1. The van der Waals surface area contributed by atoms with Crippen molar-refractivity contribution in [1.29, 1.82) is 0 Å². The lowest BCUT2D eigenvalue weighted by atomic mass is 9.99. The summed E-state index contributed by atoms with van der Waals surface area (Å²) in [6, 6.07) is 22.0. The first-order valence-electron chi connectivity index (χ1n) is 8.18. The minimum absolute atomic E-state index is 0.0313. The quantitative estimate of drug-likeness (QED) is 0.581. The number of anilines is 1. The second-order valence-electron chi connectivity index (χ2n) is 5.91. The van der Waals surface area contributed by atoms with Gasteiger partial charge in [0.2, 0.25) is 0 Å². The predicted octanol–water partition coefficient (Wildman–Crippen LogP) is 4.34. The first-order valence-corrected chi connectivity index (χ1v) is 8.18. The minimum atomic E-state index is -4.64. The first kappa shape index (κ1) is 17.0. The largest absolute Gasteiger partial charge is 0.453 e. The Balaban J connectivity index is 1.75. The van der Waals surface area contributed by atoms with Gasteiger partial charge in [0.05, 0.1) is 6.04 Å². The van der Waals surface area contributed by atoms with E-state index in [9.17, 15) is 13.2 Å². The predicted molar refractivity (Wildman–Crippen MR) is 94.1 cm³/mol. The Morgan fingerprint density at radius 3 is 1.93 bits per heavy atom. The molecule has 0 amide bonds. The maximum Gasteiger partial charge on any atom is 0.453 e. The fourth-order valence-corrected chi connectivity index (χ4v) is 2.84. The average molecular weight is 369 g/mol. The third-order valence-electron chi connectivity index (χ3n) is 4.07. The highest BCUT2D eigenvalue weighted by molar-refractivity contribution is 5.48. The molecular weight excluding hydrogens is 355 g/mol. The number of rotatable bonds is 4. The van der Waals surface area contributed by atoms with Crippen molar-refractivity contribution in [1.82, 2.24) is 19.8 Å². The van der Waals surface area contributed by atoms with Gasteiger partial charge in [0.15, 0.2) is 5.65 Å². The molecule has 1 N–H and O–H groups in total. The maximum atomic E-state index is 13.1. The first-order chi connectivity index (χ1) is 13.0. The van der Waals surface area contributed by atoms with Gasteiger partial charge in [0, 0.05) is 0 Å². The van der Waals surface area contributed by atoms with Crippen LogP contribution in [-0.2, 0) is 6.18 Å². The van der Waals surface area contributed by atoms with Gasteiger partial charge < -0.3 is 5.32 Å². The fraction of sp³-hybridized carbons (Fsp3) is 0.105. The van der Waals surface area contributed by atoms with Crippen LogP contribution in [0.3, 0.4) is 0 Å². The number of nitrogens with zero attached hydrogens (tertiary/aromatic N) is 4. The molecule has 136 valence electrons. The van der Waals surface area contributed by atoms with E-state index < -0.39 is 12.0 Å². The van der Waals surface area contributed by atoms with Crippen LogP contribution in [0, 0.1) is 0 Å². The van der Waals surface area contributed by atoms with E-state index in [2.05, 4.69) is 20.6 Å². The number of hydrogen-bond donors (Lipinski definition) is 1. The van der Waals surface area contributed by atoms with E-state index >= 15 is 0 Å². The van der Waals surface area contributed by atoms with Crippen LogP contribution in [0.25, 0.3) is 5.65 Å². The number of alkyl halides is 3. The smallest absolute Gasteiger partial charge is 0.358 e. The molecule has 0 saturated carbocycles. The van der Waals surface area contributed by atoms with Gasteiger partial charge in [-0.25, -0.2) is 0 Å². The van der Waals surface area contributed by atoms with E-state index in [0.717, 1.165) is 11.1 Å². The Morgan fingerprint density at radius 2 is 1.37 bits per heavy atom. The minimum Gasteiger partial charge on any atom is -0.358 e. The summed E-state index contributed by atoms with van der Waals surface area (Å²) < 4.78 is 40.0. The van der Waals surface area contributed by atoms with Crippen LogP contribution in [0.15, 0.2) is 72.8 Å². The monoisotopic (exact) mass is 369 g/mol. The van der Waals surface area contributed by atoms with Crippen molar-refractivity contribution in [2.45, 2.75) is 12.2 Å². The van der Waals surface area contributed by atoms with Crippen LogP contribution >= 0.6 is 0 Å². The molecule has 5 nitrogen and oxygen atoms in total. The van der Waals surface area contributed by atoms with Crippen LogP contribution < -0.4 is 5.32 Å². The standard InChI is InChI=1S/C19H14F3N5/c20-19(21,22)18-25-24-16-12-11-15(26-27(16)18)23-17(13-7-3-1-4-8-13)14-9-5-2-6-10-14/h1-12,17H,(H,23,26). The molecule has 0 unspecified atom stereocenters. The molecule has 0 saturated heterocycles. The molecule has 0 aliphatic rings. The molecule has 27 heavy (non-hydrogen) atoms. The molecular formula is C19H14F3N5. The van der Waals surface area contributed by atoms with Crippen molar-refractivity contribution in [2.24, 2.45) is 0 Å². The molecule has 2 heterocycles. The fourth-order valence-electron chi connectivity index (χ4n) is 2.84. The summed E-state index contributed by atoms with van der Waals surface area (Å²) in [4.78, 5) is 0. The van der Waals surface area contributed by atoms with E-state index in [1.165, 1.54) is 6.07 Å². The van der Waals surface area contributed by atoms with Gasteiger partial charge in [-0.2, -0.15) is 17.7 Å². The average Bonchev–Trinajstić information content (AvgIpc) is 3.11. The molecule has 0 aliphatic heterocycles. The molecule has 0 aliphatic carbocycles. The third kappa shape index (κ3) is 3.46. The van der Waals surface area contributed by atoms with Crippen LogP contribution in [0.4, 0.5) is 19.0 Å². The molecule has 0 spiro atoms. The summed E-state index contributed by atoms with van der Waals surface area (Å²) in [5.74, 6) is -0.873. The zero-order valence-corrected chi connectivity index (χ0v) is 13.9. The highest BCUT2D eigenvalue weighted by Crippen LogP contribution is 2.29. The van der Waals surface area contributed by atoms with Crippen molar-refractivity contribution in [3.8, 4) is 0 Å². The Hall–Kier alpha value is -3.42. The molecule has 4 aromatic rings. The molecule has 0 atom stereocenters. The van der Waals surface area contributed by atoms with Gasteiger partial charge in [-0.3, -0.25) is 0 Å². The summed E-state index contributed by atoms with van der Waals surface area (Å²) in [6.45, 7) is 0. The van der Waals surface area contributed by atoms with Crippen LogP contribution in [-0.4, -0.2) is 19.8 Å². The van der Waals surface area contributed by atoms with E-state index in [1.807, 2.05) is 60.7 Å². The van der Waals surface area contributed by atoms with Crippen molar-refractivity contribution in [3.05, 3.63) is 89.7 Å². The highest BCUT2D eigenvalue weighted by atomic mass is 19.4. The zero-order valence-electron chi connectivity index (χ0n) is 13.9. The lowest BCUT2D eigenvalue weighted by Gasteiger charge is -2.20. The Bertz CT molecular complexity index is 1010. The molecule has 0 bridgehead atoms. The van der Waals surface area contributed by atoms with E-state index in [-0.39, 0.29) is 17.5 Å². The number of nitrogens with one attached hydrogen (secondary N) is 1. The normalized spacial score (nSPS) is 11.9. The van der Waals surface area contributed by atoms with Gasteiger partial charge >= 0.3 is 6.18 Å². The van der Waals surface area contributed by atoms with E-state index in [0.29, 0.717) is 4.52 Å². The number of halogens is 3. The van der Waals surface area contributed by atoms with Crippen molar-refractivity contribution in [3.63, 3.8) is 0 Å². The van der Waals surface area contributed by atoms with Gasteiger partial charge in [-0.05, 0) is 23.3 Å². The Morgan fingerprint density at radius 1 is 0.778 bits per heavy atom. The number of hydrogen-bond acceptors (Lipinski definition) is 4. The summed E-state index contributed by atoms with van der Waals surface area (Å²) in [5.41, 5.74) is 1.96. The summed E-state index contributed by atoms with van der Waals surface area (Å²) in [7, 11) is 0. The molecule has 0 radical (unpaired) electrons. The SMILES string of the molecule is FC(F)(F)c1nnc2ccc(NC(c3ccccc3)c3ccccc3)nn12. The molecule has 0 fully saturated rings. The summed E-state index contributed by atoms with van der Waals surface area (Å²) in [6.07, 6.45) is -4.64. The highest BCUT2D eigenvalue weighted by Gasteiger charge is 2.37. The molecule has 2 aromatic heterocycles. The molecule has 8 heteroatoms. The van der Waals surface area contributed by atoms with Gasteiger partial charge in [0.1, 0.15) is 5.82 Å². The Labute approximate surface area is 152 Å². The van der Waals surface area contributed by atoms with Crippen LogP contribution in [0.5, 0.6) is 0 Å². The number of aromatic nitrogens is 4. The molecule has 2 aromatic carbocycles. The Kier molecular flexibility index (Phi) is 4.23. The van der Waals surface area contributed by atoms with Crippen LogP contribution in [0.2, 0.25) is 0 Å².